The van der Waals surface area contributed by atoms with Gasteiger partial charge in [-0.2, -0.15) is 0 Å². The highest BCUT2D eigenvalue weighted by molar-refractivity contribution is 9.10. The van der Waals surface area contributed by atoms with Crippen molar-refractivity contribution in [2.45, 2.75) is 38.5 Å². The van der Waals surface area contributed by atoms with Crippen LogP contribution in [-0.4, -0.2) is 11.5 Å². The Hall–Kier alpha value is -0.940. The SMILES string of the molecule is NCC1(Cc2ccc([N+](=O)[O-])cc2Br)CCCCC1. The first-order chi connectivity index (χ1) is 9.06. The van der Waals surface area contributed by atoms with Crippen LogP contribution in [0.25, 0.3) is 0 Å². The van der Waals surface area contributed by atoms with Crippen LogP contribution < -0.4 is 5.73 Å². The fraction of sp³-hybridized carbons (Fsp3) is 0.571. The number of non-ortho nitro benzene ring substituents is 1. The van der Waals surface area contributed by atoms with Crippen molar-refractivity contribution in [3.63, 3.8) is 0 Å². The minimum atomic E-state index is -0.367. The zero-order chi connectivity index (χ0) is 13.9. The van der Waals surface area contributed by atoms with E-state index in [0.29, 0.717) is 6.54 Å². The van der Waals surface area contributed by atoms with Gasteiger partial charge < -0.3 is 5.73 Å². The topological polar surface area (TPSA) is 69.2 Å². The van der Waals surface area contributed by atoms with E-state index in [1.54, 1.807) is 12.1 Å². The first-order valence-electron chi connectivity index (χ1n) is 6.69. The van der Waals surface area contributed by atoms with Gasteiger partial charge in [-0.05, 0) is 36.8 Å². The lowest BCUT2D eigenvalue weighted by molar-refractivity contribution is -0.384. The summed E-state index contributed by atoms with van der Waals surface area (Å²) in [4.78, 5) is 10.4. The zero-order valence-corrected chi connectivity index (χ0v) is 12.5. The maximum absolute atomic E-state index is 10.7. The van der Waals surface area contributed by atoms with E-state index >= 15 is 0 Å². The Bertz CT molecular complexity index is 471. The Morgan fingerprint density at radius 1 is 1.32 bits per heavy atom. The maximum Gasteiger partial charge on any atom is 0.270 e. The largest absolute Gasteiger partial charge is 0.330 e. The summed E-state index contributed by atoms with van der Waals surface area (Å²) >= 11 is 3.45. The van der Waals surface area contributed by atoms with Gasteiger partial charge in [0.2, 0.25) is 0 Å². The van der Waals surface area contributed by atoms with Crippen LogP contribution in [0.2, 0.25) is 0 Å². The second kappa shape index (κ2) is 6.01. The van der Waals surface area contributed by atoms with Gasteiger partial charge in [-0.25, -0.2) is 0 Å². The molecule has 1 aliphatic carbocycles. The van der Waals surface area contributed by atoms with Crippen LogP contribution in [0.1, 0.15) is 37.7 Å². The normalized spacial score (nSPS) is 18.2. The van der Waals surface area contributed by atoms with E-state index in [0.717, 1.165) is 29.3 Å². The number of hydrogen-bond donors (Lipinski definition) is 1. The first-order valence-corrected chi connectivity index (χ1v) is 7.48. The van der Waals surface area contributed by atoms with Crippen LogP contribution >= 0.6 is 15.9 Å². The number of halogens is 1. The molecule has 19 heavy (non-hydrogen) atoms. The molecule has 0 unspecified atom stereocenters. The Kier molecular flexibility index (Phi) is 4.58. The maximum atomic E-state index is 10.7. The van der Waals surface area contributed by atoms with Gasteiger partial charge in [0.15, 0.2) is 0 Å². The summed E-state index contributed by atoms with van der Waals surface area (Å²) in [5.41, 5.74) is 7.42. The third-order valence-electron chi connectivity index (χ3n) is 4.16. The van der Waals surface area contributed by atoms with Gasteiger partial charge in [0, 0.05) is 16.6 Å². The molecule has 104 valence electrons. The van der Waals surface area contributed by atoms with Crippen molar-refractivity contribution in [1.29, 1.82) is 0 Å². The number of rotatable bonds is 4. The van der Waals surface area contributed by atoms with E-state index in [1.165, 1.54) is 19.3 Å². The number of nitro groups is 1. The molecular formula is C14H19BrN2O2. The van der Waals surface area contributed by atoms with E-state index in [9.17, 15) is 10.1 Å². The predicted octanol–water partition coefficient (Wildman–Crippen LogP) is 3.81. The lowest BCUT2D eigenvalue weighted by atomic mass is 9.70. The van der Waals surface area contributed by atoms with Crippen LogP contribution in [0.15, 0.2) is 22.7 Å². The smallest absolute Gasteiger partial charge is 0.270 e. The van der Waals surface area contributed by atoms with Crippen molar-refractivity contribution in [2.75, 3.05) is 6.54 Å². The van der Waals surface area contributed by atoms with Crippen molar-refractivity contribution in [1.82, 2.24) is 0 Å². The van der Waals surface area contributed by atoms with Gasteiger partial charge in [-0.15, -0.1) is 0 Å². The third-order valence-corrected chi connectivity index (χ3v) is 4.90. The molecular weight excluding hydrogens is 308 g/mol. The fourth-order valence-electron chi connectivity index (χ4n) is 2.95. The number of nitrogens with two attached hydrogens (primary N) is 1. The van der Waals surface area contributed by atoms with E-state index in [1.807, 2.05) is 6.07 Å². The van der Waals surface area contributed by atoms with Crippen molar-refractivity contribution in [2.24, 2.45) is 11.1 Å². The van der Waals surface area contributed by atoms with E-state index in [2.05, 4.69) is 15.9 Å². The minimum absolute atomic E-state index is 0.126. The lowest BCUT2D eigenvalue weighted by Crippen LogP contribution is -2.35. The van der Waals surface area contributed by atoms with Crippen LogP contribution in [0.5, 0.6) is 0 Å². The summed E-state index contributed by atoms with van der Waals surface area (Å²) in [6, 6.07) is 5.02. The van der Waals surface area contributed by atoms with Crippen LogP contribution in [-0.2, 0) is 6.42 Å². The van der Waals surface area contributed by atoms with E-state index < -0.39 is 0 Å². The molecule has 0 bridgehead atoms. The Balaban J connectivity index is 2.20. The second-order valence-electron chi connectivity index (χ2n) is 5.47. The number of hydrogen-bond acceptors (Lipinski definition) is 3. The summed E-state index contributed by atoms with van der Waals surface area (Å²) in [5, 5.41) is 10.7. The van der Waals surface area contributed by atoms with Crippen molar-refractivity contribution >= 4 is 21.6 Å². The molecule has 0 radical (unpaired) electrons. The highest BCUT2D eigenvalue weighted by Crippen LogP contribution is 2.40. The molecule has 0 aromatic heterocycles. The van der Waals surface area contributed by atoms with E-state index in [4.69, 9.17) is 5.73 Å². The molecule has 1 aliphatic rings. The molecule has 1 aromatic carbocycles. The number of nitro benzene ring substituents is 1. The molecule has 5 heteroatoms. The summed E-state index contributed by atoms with van der Waals surface area (Å²) in [6.07, 6.45) is 6.99. The number of nitrogens with zero attached hydrogens (tertiary/aromatic N) is 1. The lowest BCUT2D eigenvalue weighted by Gasteiger charge is -2.36. The zero-order valence-electron chi connectivity index (χ0n) is 10.9. The van der Waals surface area contributed by atoms with Crippen LogP contribution in [0.4, 0.5) is 5.69 Å². The molecule has 1 fully saturated rings. The molecule has 2 rings (SSSR count). The molecule has 0 atom stereocenters. The predicted molar refractivity (Wildman–Crippen MR) is 79.1 cm³/mol. The number of benzene rings is 1. The highest BCUT2D eigenvalue weighted by Gasteiger charge is 2.31. The molecule has 0 saturated heterocycles. The average Bonchev–Trinajstić information content (AvgIpc) is 2.42. The van der Waals surface area contributed by atoms with Crippen LogP contribution in [0.3, 0.4) is 0 Å². The Labute approximate surface area is 121 Å². The van der Waals surface area contributed by atoms with Gasteiger partial charge in [-0.3, -0.25) is 10.1 Å². The minimum Gasteiger partial charge on any atom is -0.330 e. The third kappa shape index (κ3) is 3.34. The summed E-state index contributed by atoms with van der Waals surface area (Å²) in [6.45, 7) is 0.691. The molecule has 1 saturated carbocycles. The van der Waals surface area contributed by atoms with Crippen LogP contribution in [0, 0.1) is 15.5 Å². The molecule has 0 spiro atoms. The monoisotopic (exact) mass is 326 g/mol. The fourth-order valence-corrected chi connectivity index (χ4v) is 3.46. The van der Waals surface area contributed by atoms with Gasteiger partial charge in [0.05, 0.1) is 4.92 Å². The standard InChI is InChI=1S/C14H19BrN2O2/c15-13-8-12(17(18)19)5-4-11(13)9-14(10-16)6-2-1-3-7-14/h4-5,8H,1-3,6-7,9-10,16H2. The molecule has 2 N–H and O–H groups in total. The quantitative estimate of drug-likeness (QED) is 0.675. The summed E-state index contributed by atoms with van der Waals surface area (Å²) in [5.74, 6) is 0. The highest BCUT2D eigenvalue weighted by atomic mass is 79.9. The van der Waals surface area contributed by atoms with Gasteiger partial charge >= 0.3 is 0 Å². The van der Waals surface area contributed by atoms with Crippen molar-refractivity contribution < 1.29 is 4.92 Å². The van der Waals surface area contributed by atoms with E-state index in [-0.39, 0.29) is 16.0 Å². The van der Waals surface area contributed by atoms with Gasteiger partial charge in [0.25, 0.3) is 5.69 Å². The van der Waals surface area contributed by atoms with Crippen molar-refractivity contribution in [3.05, 3.63) is 38.3 Å². The molecule has 0 heterocycles. The molecule has 0 amide bonds. The molecule has 0 aliphatic heterocycles. The Morgan fingerprint density at radius 3 is 2.53 bits per heavy atom. The van der Waals surface area contributed by atoms with Crippen molar-refractivity contribution in [3.8, 4) is 0 Å². The average molecular weight is 327 g/mol. The summed E-state index contributed by atoms with van der Waals surface area (Å²) in [7, 11) is 0. The second-order valence-corrected chi connectivity index (χ2v) is 6.33. The summed E-state index contributed by atoms with van der Waals surface area (Å²) < 4.78 is 0.820. The van der Waals surface area contributed by atoms with Gasteiger partial charge in [0.1, 0.15) is 0 Å². The first kappa shape index (κ1) is 14.5. The molecule has 4 nitrogen and oxygen atoms in total. The van der Waals surface area contributed by atoms with Gasteiger partial charge in [-0.1, -0.05) is 41.3 Å². The Morgan fingerprint density at radius 2 is 2.00 bits per heavy atom. The molecule has 1 aromatic rings.